The second kappa shape index (κ2) is 7.49. The van der Waals surface area contributed by atoms with Crippen molar-refractivity contribution in [3.8, 4) is 0 Å². The quantitative estimate of drug-likeness (QED) is 0.728. The molecule has 23 heavy (non-hydrogen) atoms. The average Bonchev–Trinajstić information content (AvgIpc) is 3.15. The van der Waals surface area contributed by atoms with Crippen LogP contribution in [0.3, 0.4) is 0 Å². The largest absolute Gasteiger partial charge is 0.466 e. The van der Waals surface area contributed by atoms with Crippen molar-refractivity contribution in [2.45, 2.75) is 84.9 Å². The Morgan fingerprint density at radius 3 is 2.78 bits per heavy atom. The molecule has 1 N–H and O–H groups in total. The van der Waals surface area contributed by atoms with E-state index in [1.54, 1.807) is 0 Å². The summed E-state index contributed by atoms with van der Waals surface area (Å²) in [5, 5.41) is 9.81. The van der Waals surface area contributed by atoms with Crippen LogP contribution in [0.15, 0.2) is 0 Å². The summed E-state index contributed by atoms with van der Waals surface area (Å²) in [4.78, 5) is 11.9. The van der Waals surface area contributed by atoms with Gasteiger partial charge in [-0.15, -0.1) is 0 Å². The molecule has 2 aliphatic rings. The van der Waals surface area contributed by atoms with Gasteiger partial charge in [0.1, 0.15) is 0 Å². The van der Waals surface area contributed by atoms with Crippen molar-refractivity contribution in [2.75, 3.05) is 6.61 Å². The Kier molecular flexibility index (Phi) is 6.09. The first kappa shape index (κ1) is 18.7. The Morgan fingerprint density at radius 2 is 2.13 bits per heavy atom. The minimum Gasteiger partial charge on any atom is -0.466 e. The summed E-state index contributed by atoms with van der Waals surface area (Å²) in [5.74, 6) is 0.526. The van der Waals surface area contributed by atoms with Crippen molar-refractivity contribution >= 4 is 5.97 Å². The minimum absolute atomic E-state index is 0.0642. The number of aliphatic hydroxyl groups excluding tert-OH is 1. The van der Waals surface area contributed by atoms with Crippen LogP contribution in [0, 0.1) is 17.3 Å². The van der Waals surface area contributed by atoms with Gasteiger partial charge in [0.2, 0.25) is 0 Å². The van der Waals surface area contributed by atoms with Crippen LogP contribution in [-0.2, 0) is 19.0 Å². The van der Waals surface area contributed by atoms with Gasteiger partial charge in [0, 0.05) is 5.92 Å². The molecular formula is C18H32O5. The first-order chi connectivity index (χ1) is 10.8. The topological polar surface area (TPSA) is 65.0 Å². The maximum Gasteiger partial charge on any atom is 0.312 e. The van der Waals surface area contributed by atoms with Crippen LogP contribution in [0.2, 0.25) is 0 Å². The standard InChI is InChI=1S/C18H32O5/c1-6-21-17(20)18(5)10-14(18)8-7-12(3)22-16-11(2)9-15(19)13(4)23-16/h11-16,19H,6-10H2,1-5H3/t11-,12-,13+,14+,15-,16-,18-/m1/s1. The second-order valence-corrected chi connectivity index (χ2v) is 7.55. The predicted octanol–water partition coefficient (Wildman–Crippen LogP) is 2.89. The molecule has 1 saturated carbocycles. The maximum atomic E-state index is 11.9. The molecule has 2 rings (SSSR count). The molecule has 7 atom stereocenters. The number of hydrogen-bond acceptors (Lipinski definition) is 5. The summed E-state index contributed by atoms with van der Waals surface area (Å²) in [5.41, 5.74) is -0.289. The predicted molar refractivity (Wildman–Crippen MR) is 86.8 cm³/mol. The van der Waals surface area contributed by atoms with Crippen LogP contribution in [0.1, 0.15) is 60.3 Å². The molecule has 0 amide bonds. The van der Waals surface area contributed by atoms with Crippen molar-refractivity contribution in [3.63, 3.8) is 0 Å². The summed E-state index contributed by atoms with van der Waals surface area (Å²) in [6, 6.07) is 0. The van der Waals surface area contributed by atoms with Gasteiger partial charge < -0.3 is 19.3 Å². The molecule has 5 heteroatoms. The van der Waals surface area contributed by atoms with Gasteiger partial charge in [-0.2, -0.15) is 0 Å². The van der Waals surface area contributed by atoms with E-state index < -0.39 is 6.10 Å². The normalized spacial score (nSPS) is 41.4. The summed E-state index contributed by atoms with van der Waals surface area (Å²) in [7, 11) is 0. The van der Waals surface area contributed by atoms with Crippen LogP contribution in [-0.4, -0.2) is 42.3 Å². The lowest BCUT2D eigenvalue weighted by Gasteiger charge is -2.37. The zero-order chi connectivity index (χ0) is 17.2. The van der Waals surface area contributed by atoms with Crippen LogP contribution in [0.4, 0.5) is 0 Å². The number of ether oxygens (including phenoxy) is 3. The number of esters is 1. The Hall–Kier alpha value is -0.650. The molecule has 0 unspecified atom stereocenters. The first-order valence-electron chi connectivity index (χ1n) is 8.94. The molecule has 134 valence electrons. The lowest BCUT2D eigenvalue weighted by molar-refractivity contribution is -0.255. The average molecular weight is 328 g/mol. The summed E-state index contributed by atoms with van der Waals surface area (Å²) >= 11 is 0. The van der Waals surface area contributed by atoms with Crippen LogP contribution in [0.25, 0.3) is 0 Å². The number of carbonyl (C=O) groups excluding carboxylic acids is 1. The van der Waals surface area contributed by atoms with E-state index in [-0.39, 0.29) is 35.8 Å². The van der Waals surface area contributed by atoms with Gasteiger partial charge in [-0.05, 0) is 59.3 Å². The van der Waals surface area contributed by atoms with E-state index in [1.807, 2.05) is 27.7 Å². The van der Waals surface area contributed by atoms with Gasteiger partial charge in [0.25, 0.3) is 0 Å². The van der Waals surface area contributed by atoms with E-state index in [0.29, 0.717) is 18.9 Å². The fourth-order valence-corrected chi connectivity index (χ4v) is 3.44. The van der Waals surface area contributed by atoms with Crippen LogP contribution >= 0.6 is 0 Å². The third kappa shape index (κ3) is 4.46. The van der Waals surface area contributed by atoms with E-state index in [4.69, 9.17) is 14.2 Å². The minimum atomic E-state index is -0.406. The van der Waals surface area contributed by atoms with Gasteiger partial charge in [0.05, 0.1) is 30.3 Å². The molecule has 0 aromatic carbocycles. The van der Waals surface area contributed by atoms with Crippen molar-refractivity contribution in [3.05, 3.63) is 0 Å². The van der Waals surface area contributed by atoms with E-state index in [1.165, 1.54) is 0 Å². The molecule has 0 bridgehead atoms. The summed E-state index contributed by atoms with van der Waals surface area (Å²) in [6.07, 6.45) is 2.74. The zero-order valence-electron chi connectivity index (χ0n) is 15.1. The molecule has 1 heterocycles. The zero-order valence-corrected chi connectivity index (χ0v) is 15.1. The highest BCUT2D eigenvalue weighted by Gasteiger charge is 2.56. The third-order valence-corrected chi connectivity index (χ3v) is 5.41. The van der Waals surface area contributed by atoms with Gasteiger partial charge in [-0.25, -0.2) is 0 Å². The highest BCUT2D eigenvalue weighted by Crippen LogP contribution is 2.55. The lowest BCUT2D eigenvalue weighted by Crippen LogP contribution is -2.44. The molecule has 1 aliphatic heterocycles. The fraction of sp³-hybridized carbons (Fsp3) is 0.944. The number of hydrogen-bond donors (Lipinski definition) is 1. The number of aliphatic hydroxyl groups is 1. The van der Waals surface area contributed by atoms with Gasteiger partial charge >= 0.3 is 5.97 Å². The van der Waals surface area contributed by atoms with E-state index in [2.05, 4.69) is 6.92 Å². The molecule has 0 aromatic heterocycles. The molecule has 5 nitrogen and oxygen atoms in total. The second-order valence-electron chi connectivity index (χ2n) is 7.55. The molecule has 1 saturated heterocycles. The van der Waals surface area contributed by atoms with E-state index in [9.17, 15) is 9.90 Å². The first-order valence-corrected chi connectivity index (χ1v) is 8.94. The fourth-order valence-electron chi connectivity index (χ4n) is 3.44. The SMILES string of the molecule is CCOC(=O)[C@]1(C)C[C@@H]1CC[C@@H](C)O[C@@H]1O[C@@H](C)[C@H](O)C[C@H]1C. The van der Waals surface area contributed by atoms with Crippen LogP contribution in [0.5, 0.6) is 0 Å². The smallest absolute Gasteiger partial charge is 0.312 e. The van der Waals surface area contributed by atoms with Gasteiger partial charge in [0.15, 0.2) is 6.29 Å². The molecular weight excluding hydrogens is 296 g/mol. The highest BCUT2D eigenvalue weighted by molar-refractivity contribution is 5.80. The number of rotatable bonds is 7. The van der Waals surface area contributed by atoms with Crippen molar-refractivity contribution in [2.24, 2.45) is 17.3 Å². The molecule has 0 spiro atoms. The third-order valence-electron chi connectivity index (χ3n) is 5.41. The Labute approximate surface area is 139 Å². The Morgan fingerprint density at radius 1 is 1.43 bits per heavy atom. The summed E-state index contributed by atoms with van der Waals surface area (Å²) in [6.45, 7) is 10.3. The number of carbonyl (C=O) groups is 1. The Bertz CT molecular complexity index is 412. The molecule has 1 aliphatic carbocycles. The molecule has 2 fully saturated rings. The lowest BCUT2D eigenvalue weighted by atomic mass is 9.96. The molecule has 0 aromatic rings. The van der Waals surface area contributed by atoms with Crippen molar-refractivity contribution in [1.82, 2.24) is 0 Å². The highest BCUT2D eigenvalue weighted by atomic mass is 16.7. The Balaban J connectivity index is 1.72. The molecule has 0 radical (unpaired) electrons. The monoisotopic (exact) mass is 328 g/mol. The van der Waals surface area contributed by atoms with Gasteiger partial charge in [-0.3, -0.25) is 4.79 Å². The van der Waals surface area contributed by atoms with Gasteiger partial charge in [-0.1, -0.05) is 6.92 Å². The van der Waals surface area contributed by atoms with Crippen molar-refractivity contribution in [1.29, 1.82) is 0 Å². The van der Waals surface area contributed by atoms with Crippen molar-refractivity contribution < 1.29 is 24.1 Å². The van der Waals surface area contributed by atoms with E-state index in [0.717, 1.165) is 19.3 Å². The van der Waals surface area contributed by atoms with Crippen LogP contribution < -0.4 is 0 Å². The maximum absolute atomic E-state index is 11.9. The summed E-state index contributed by atoms with van der Waals surface area (Å²) < 4.78 is 16.9. The van der Waals surface area contributed by atoms with E-state index >= 15 is 0 Å².